The number of carbonyl (C=O) groups is 1. The average Bonchev–Trinajstić information content (AvgIpc) is 2.65. The van der Waals surface area contributed by atoms with Crippen molar-refractivity contribution in [2.75, 3.05) is 11.1 Å². The summed E-state index contributed by atoms with van der Waals surface area (Å²) < 4.78 is 0.809. The molecule has 1 aromatic heterocycles. The van der Waals surface area contributed by atoms with Crippen LogP contribution in [0.5, 0.6) is 0 Å². The molecule has 1 aromatic carbocycles. The number of carbonyl (C=O) groups excluding carboxylic acids is 1. The SMILES string of the molecule is Cc1cc(N)c(Cl)cc1NC(=O)c1cc(Cl)sc1Cl. The summed E-state index contributed by atoms with van der Waals surface area (Å²) in [5, 5.41) is 3.12. The Balaban J connectivity index is 2.29. The van der Waals surface area contributed by atoms with Crippen LogP contribution in [-0.2, 0) is 0 Å². The average molecular weight is 336 g/mol. The minimum Gasteiger partial charge on any atom is -0.398 e. The predicted molar refractivity (Wildman–Crippen MR) is 82.9 cm³/mol. The summed E-state index contributed by atoms with van der Waals surface area (Å²) in [4.78, 5) is 12.1. The molecule has 3 N–H and O–H groups in total. The van der Waals surface area contributed by atoms with Crippen molar-refractivity contribution >= 4 is 63.4 Å². The lowest BCUT2D eigenvalue weighted by atomic mass is 10.1. The molecule has 1 amide bonds. The Morgan fingerprint density at radius 3 is 2.53 bits per heavy atom. The number of amides is 1. The first-order valence-electron chi connectivity index (χ1n) is 5.20. The summed E-state index contributed by atoms with van der Waals surface area (Å²) in [5.74, 6) is -0.336. The fourth-order valence-corrected chi connectivity index (χ4v) is 3.15. The maximum absolute atomic E-state index is 12.1. The van der Waals surface area contributed by atoms with Gasteiger partial charge in [-0.3, -0.25) is 4.79 Å². The highest BCUT2D eigenvalue weighted by atomic mass is 35.5. The van der Waals surface area contributed by atoms with Crippen LogP contribution in [-0.4, -0.2) is 5.91 Å². The van der Waals surface area contributed by atoms with Crippen molar-refractivity contribution in [3.05, 3.63) is 43.0 Å². The Hall–Kier alpha value is -0.940. The number of thiophene rings is 1. The normalized spacial score (nSPS) is 10.5. The first-order valence-corrected chi connectivity index (χ1v) is 7.15. The quantitative estimate of drug-likeness (QED) is 0.771. The summed E-state index contributed by atoms with van der Waals surface area (Å²) in [6, 6.07) is 4.82. The first kappa shape index (κ1) is 14.5. The van der Waals surface area contributed by atoms with E-state index in [-0.39, 0.29) is 5.91 Å². The summed E-state index contributed by atoms with van der Waals surface area (Å²) in [7, 11) is 0. The topological polar surface area (TPSA) is 55.1 Å². The lowest BCUT2D eigenvalue weighted by Gasteiger charge is -2.10. The summed E-state index contributed by atoms with van der Waals surface area (Å²) in [5.41, 5.74) is 7.88. The molecule has 0 aliphatic rings. The fourth-order valence-electron chi connectivity index (χ4n) is 1.52. The third-order valence-corrected chi connectivity index (χ3v) is 4.31. The van der Waals surface area contributed by atoms with E-state index in [2.05, 4.69) is 5.32 Å². The number of anilines is 2. The van der Waals surface area contributed by atoms with Crippen LogP contribution in [0.15, 0.2) is 18.2 Å². The number of nitrogens with two attached hydrogens (primary N) is 1. The van der Waals surface area contributed by atoms with E-state index in [9.17, 15) is 4.79 Å². The monoisotopic (exact) mass is 334 g/mol. The molecule has 0 unspecified atom stereocenters. The molecule has 0 fully saturated rings. The van der Waals surface area contributed by atoms with Crippen LogP contribution in [0, 0.1) is 6.92 Å². The molecule has 2 rings (SSSR count). The summed E-state index contributed by atoms with van der Waals surface area (Å²) in [6.07, 6.45) is 0. The maximum atomic E-state index is 12.1. The maximum Gasteiger partial charge on any atom is 0.258 e. The third-order valence-electron chi connectivity index (χ3n) is 2.49. The molecule has 19 heavy (non-hydrogen) atoms. The van der Waals surface area contributed by atoms with Gasteiger partial charge in [-0.1, -0.05) is 34.8 Å². The van der Waals surface area contributed by atoms with E-state index in [4.69, 9.17) is 40.5 Å². The molecule has 0 atom stereocenters. The Kier molecular flexibility index (Phi) is 4.26. The molecular formula is C12H9Cl3N2OS. The zero-order valence-corrected chi connectivity index (χ0v) is 12.8. The highest BCUT2D eigenvalue weighted by Crippen LogP contribution is 2.32. The molecule has 0 aliphatic heterocycles. The van der Waals surface area contributed by atoms with Crippen LogP contribution in [0.2, 0.25) is 13.7 Å². The summed E-state index contributed by atoms with van der Waals surface area (Å²) >= 11 is 18.8. The predicted octanol–water partition coefficient (Wildman–Crippen LogP) is 4.85. The van der Waals surface area contributed by atoms with E-state index >= 15 is 0 Å². The Morgan fingerprint density at radius 1 is 1.26 bits per heavy atom. The second-order valence-electron chi connectivity index (χ2n) is 3.88. The molecule has 0 saturated heterocycles. The van der Waals surface area contributed by atoms with E-state index in [0.717, 1.165) is 16.9 Å². The van der Waals surface area contributed by atoms with Gasteiger partial charge in [-0.05, 0) is 30.7 Å². The van der Waals surface area contributed by atoms with Gasteiger partial charge < -0.3 is 11.1 Å². The number of rotatable bonds is 2. The molecule has 0 radical (unpaired) electrons. The minimum absolute atomic E-state index is 0.336. The Labute approximate surface area is 129 Å². The van der Waals surface area contributed by atoms with Crippen LogP contribution < -0.4 is 11.1 Å². The zero-order valence-electron chi connectivity index (χ0n) is 9.76. The highest BCUT2D eigenvalue weighted by molar-refractivity contribution is 7.20. The first-order chi connectivity index (χ1) is 8.88. The lowest BCUT2D eigenvalue weighted by Crippen LogP contribution is -2.12. The number of hydrogen-bond donors (Lipinski definition) is 2. The number of nitrogen functional groups attached to an aromatic ring is 1. The van der Waals surface area contributed by atoms with Crippen molar-refractivity contribution in [3.8, 4) is 0 Å². The van der Waals surface area contributed by atoms with E-state index in [1.807, 2.05) is 6.92 Å². The van der Waals surface area contributed by atoms with E-state index < -0.39 is 0 Å². The highest BCUT2D eigenvalue weighted by Gasteiger charge is 2.15. The van der Waals surface area contributed by atoms with Crippen molar-refractivity contribution in [1.82, 2.24) is 0 Å². The van der Waals surface area contributed by atoms with Gasteiger partial charge in [0.2, 0.25) is 0 Å². The number of hydrogen-bond acceptors (Lipinski definition) is 3. The molecule has 0 bridgehead atoms. The smallest absolute Gasteiger partial charge is 0.258 e. The molecular weight excluding hydrogens is 327 g/mol. The minimum atomic E-state index is -0.336. The zero-order chi connectivity index (χ0) is 14.2. The molecule has 0 saturated carbocycles. The number of benzene rings is 1. The van der Waals surface area contributed by atoms with E-state index in [0.29, 0.717) is 30.6 Å². The molecule has 7 heteroatoms. The molecule has 1 heterocycles. The second-order valence-corrected chi connectivity index (χ2v) is 6.57. The van der Waals surface area contributed by atoms with Crippen molar-refractivity contribution in [3.63, 3.8) is 0 Å². The molecule has 2 aromatic rings. The third kappa shape index (κ3) is 3.15. The van der Waals surface area contributed by atoms with Crippen LogP contribution in [0.3, 0.4) is 0 Å². The molecule has 100 valence electrons. The lowest BCUT2D eigenvalue weighted by molar-refractivity contribution is 0.102. The largest absolute Gasteiger partial charge is 0.398 e. The number of nitrogens with one attached hydrogen (secondary N) is 1. The second kappa shape index (κ2) is 5.59. The molecule has 0 aliphatic carbocycles. The van der Waals surface area contributed by atoms with E-state index in [1.165, 1.54) is 6.07 Å². The fraction of sp³-hybridized carbons (Fsp3) is 0.0833. The van der Waals surface area contributed by atoms with Crippen LogP contribution in [0.25, 0.3) is 0 Å². The number of aryl methyl sites for hydroxylation is 1. The van der Waals surface area contributed by atoms with Gasteiger partial charge in [-0.25, -0.2) is 0 Å². The van der Waals surface area contributed by atoms with Gasteiger partial charge in [0, 0.05) is 5.69 Å². The van der Waals surface area contributed by atoms with Gasteiger partial charge in [-0.2, -0.15) is 0 Å². The molecule has 0 spiro atoms. The van der Waals surface area contributed by atoms with Crippen molar-refractivity contribution in [2.45, 2.75) is 6.92 Å². The van der Waals surface area contributed by atoms with Crippen molar-refractivity contribution in [1.29, 1.82) is 0 Å². The van der Waals surface area contributed by atoms with E-state index in [1.54, 1.807) is 12.1 Å². The summed E-state index contributed by atoms with van der Waals surface area (Å²) in [6.45, 7) is 1.82. The Bertz CT molecular complexity index is 655. The van der Waals surface area contributed by atoms with Crippen molar-refractivity contribution in [2.24, 2.45) is 0 Å². The van der Waals surface area contributed by atoms with Gasteiger partial charge in [0.25, 0.3) is 5.91 Å². The van der Waals surface area contributed by atoms with Crippen LogP contribution >= 0.6 is 46.1 Å². The van der Waals surface area contributed by atoms with Gasteiger partial charge in [-0.15, -0.1) is 11.3 Å². The van der Waals surface area contributed by atoms with Crippen LogP contribution in [0.4, 0.5) is 11.4 Å². The number of halogens is 3. The van der Waals surface area contributed by atoms with Gasteiger partial charge in [0.1, 0.15) is 4.34 Å². The Morgan fingerprint density at radius 2 is 1.95 bits per heavy atom. The van der Waals surface area contributed by atoms with Gasteiger partial charge >= 0.3 is 0 Å². The van der Waals surface area contributed by atoms with Gasteiger partial charge in [0.05, 0.1) is 20.6 Å². The van der Waals surface area contributed by atoms with Crippen molar-refractivity contribution < 1.29 is 4.79 Å². The van der Waals surface area contributed by atoms with Gasteiger partial charge in [0.15, 0.2) is 0 Å². The molecule has 3 nitrogen and oxygen atoms in total. The standard InChI is InChI=1S/C12H9Cl3N2OS/c1-5-2-8(16)7(13)4-9(5)17-12(18)6-3-10(14)19-11(6)15/h2-4H,16H2,1H3,(H,17,18). The van der Waals surface area contributed by atoms with Crippen LogP contribution in [0.1, 0.15) is 15.9 Å².